The molecule has 0 aromatic rings. The lowest BCUT2D eigenvalue weighted by molar-refractivity contribution is -0.129. The summed E-state index contributed by atoms with van der Waals surface area (Å²) in [6.07, 6.45) is 3.79. The Morgan fingerprint density at radius 2 is 2.06 bits per heavy atom. The number of carbonyl (C=O) groups is 1. The van der Waals surface area contributed by atoms with E-state index in [2.05, 4.69) is 16.7 Å². The monoisotopic (exact) mass is 253 g/mol. The van der Waals surface area contributed by atoms with Gasteiger partial charge < -0.3 is 9.80 Å². The highest BCUT2D eigenvalue weighted by atomic mass is 16.2. The number of likely N-dealkylation sites (tertiary alicyclic amines) is 2. The molecule has 0 unspecified atom stereocenters. The molecule has 0 aromatic heterocycles. The number of piperidine rings is 1. The fourth-order valence-corrected chi connectivity index (χ4v) is 3.29. The zero-order valence-electron chi connectivity index (χ0n) is 12.1. The molecule has 104 valence electrons. The lowest BCUT2D eigenvalue weighted by atomic mass is 10.0. The van der Waals surface area contributed by atoms with Crippen LogP contribution in [0.25, 0.3) is 0 Å². The molecular formula is C14H27N3O. The molecule has 0 spiro atoms. The Morgan fingerprint density at radius 1 is 1.28 bits per heavy atom. The molecule has 2 rings (SSSR count). The zero-order chi connectivity index (χ0) is 13.1. The second-order valence-electron chi connectivity index (χ2n) is 5.76. The molecule has 2 fully saturated rings. The van der Waals surface area contributed by atoms with Crippen LogP contribution in [0.15, 0.2) is 0 Å². The van der Waals surface area contributed by atoms with Crippen molar-refractivity contribution in [3.63, 3.8) is 0 Å². The highest BCUT2D eigenvalue weighted by Crippen LogP contribution is 2.22. The Bertz CT molecular complexity index is 295. The van der Waals surface area contributed by atoms with Crippen molar-refractivity contribution in [2.24, 2.45) is 0 Å². The Labute approximate surface area is 111 Å². The molecule has 0 bridgehead atoms. The maximum atomic E-state index is 11.4. The van der Waals surface area contributed by atoms with Gasteiger partial charge in [0.15, 0.2) is 0 Å². The smallest absolute Gasteiger partial charge is 0.219 e. The minimum absolute atomic E-state index is 0.195. The van der Waals surface area contributed by atoms with E-state index in [1.165, 1.54) is 32.5 Å². The lowest BCUT2D eigenvalue weighted by Gasteiger charge is -2.37. The zero-order valence-corrected chi connectivity index (χ0v) is 12.1. The molecular weight excluding hydrogens is 226 g/mol. The summed E-state index contributed by atoms with van der Waals surface area (Å²) in [5, 5.41) is 0. The van der Waals surface area contributed by atoms with Crippen LogP contribution in [0.3, 0.4) is 0 Å². The minimum atomic E-state index is 0.195. The number of likely N-dealkylation sites (N-methyl/N-ethyl adjacent to an activating group) is 2. The first-order valence-corrected chi connectivity index (χ1v) is 7.31. The first kappa shape index (κ1) is 13.8. The van der Waals surface area contributed by atoms with Gasteiger partial charge in [0.2, 0.25) is 5.91 Å². The van der Waals surface area contributed by atoms with Crippen molar-refractivity contribution in [2.45, 2.75) is 45.2 Å². The van der Waals surface area contributed by atoms with Crippen molar-refractivity contribution in [2.75, 3.05) is 39.8 Å². The molecule has 4 heteroatoms. The van der Waals surface area contributed by atoms with E-state index < -0.39 is 0 Å². The van der Waals surface area contributed by atoms with Crippen LogP contribution in [0.5, 0.6) is 0 Å². The standard InChI is InChI=1S/C14H27N3O/c1-4-16-8-5-6-14(10-16)17-9-7-13(11-17)15(3)12(2)18/h13-14H,4-11H2,1-3H3/t13-,14+/m0/s1. The largest absolute Gasteiger partial charge is 0.342 e. The second-order valence-corrected chi connectivity index (χ2v) is 5.76. The van der Waals surface area contributed by atoms with Gasteiger partial charge in [0.25, 0.3) is 0 Å². The summed E-state index contributed by atoms with van der Waals surface area (Å²) in [6.45, 7) is 9.79. The summed E-state index contributed by atoms with van der Waals surface area (Å²) in [6, 6.07) is 1.14. The first-order valence-electron chi connectivity index (χ1n) is 7.31. The van der Waals surface area contributed by atoms with Gasteiger partial charge in [-0.15, -0.1) is 0 Å². The average Bonchev–Trinajstić information content (AvgIpc) is 2.87. The summed E-state index contributed by atoms with van der Waals surface area (Å²) in [5.41, 5.74) is 0. The summed E-state index contributed by atoms with van der Waals surface area (Å²) in [4.78, 5) is 18.5. The molecule has 0 aliphatic carbocycles. The Hall–Kier alpha value is -0.610. The molecule has 1 amide bonds. The predicted molar refractivity (Wildman–Crippen MR) is 73.6 cm³/mol. The van der Waals surface area contributed by atoms with Gasteiger partial charge in [-0.05, 0) is 32.4 Å². The van der Waals surface area contributed by atoms with E-state index in [9.17, 15) is 4.79 Å². The molecule has 0 saturated carbocycles. The van der Waals surface area contributed by atoms with Crippen molar-refractivity contribution in [1.29, 1.82) is 0 Å². The predicted octanol–water partition coefficient (Wildman–Crippen LogP) is 1.02. The summed E-state index contributed by atoms with van der Waals surface area (Å²) < 4.78 is 0. The van der Waals surface area contributed by atoms with Gasteiger partial charge >= 0.3 is 0 Å². The molecule has 2 aliphatic heterocycles. The molecule has 18 heavy (non-hydrogen) atoms. The number of rotatable bonds is 3. The van der Waals surface area contributed by atoms with Crippen LogP contribution in [0.2, 0.25) is 0 Å². The quantitative estimate of drug-likeness (QED) is 0.751. The highest BCUT2D eigenvalue weighted by Gasteiger charge is 2.32. The number of hydrogen-bond donors (Lipinski definition) is 0. The fourth-order valence-electron chi connectivity index (χ4n) is 3.29. The number of hydrogen-bond acceptors (Lipinski definition) is 3. The SMILES string of the molecule is CCN1CCC[C@@H](N2CC[C@H](N(C)C(C)=O)C2)C1. The number of nitrogens with zero attached hydrogens (tertiary/aromatic N) is 3. The van der Waals surface area contributed by atoms with E-state index in [0.717, 1.165) is 19.5 Å². The highest BCUT2D eigenvalue weighted by molar-refractivity contribution is 5.73. The topological polar surface area (TPSA) is 26.8 Å². The summed E-state index contributed by atoms with van der Waals surface area (Å²) >= 11 is 0. The van der Waals surface area contributed by atoms with Gasteiger partial charge in [-0.2, -0.15) is 0 Å². The van der Waals surface area contributed by atoms with Crippen molar-refractivity contribution in [3.8, 4) is 0 Å². The van der Waals surface area contributed by atoms with Crippen molar-refractivity contribution in [3.05, 3.63) is 0 Å². The molecule has 2 heterocycles. The van der Waals surface area contributed by atoms with E-state index in [1.54, 1.807) is 6.92 Å². The Balaban J connectivity index is 1.86. The van der Waals surface area contributed by atoms with Crippen molar-refractivity contribution >= 4 is 5.91 Å². The Morgan fingerprint density at radius 3 is 2.72 bits per heavy atom. The van der Waals surface area contributed by atoms with Gasteiger partial charge in [-0.25, -0.2) is 0 Å². The third kappa shape index (κ3) is 3.04. The molecule has 2 atom stereocenters. The maximum Gasteiger partial charge on any atom is 0.219 e. The number of amides is 1. The maximum absolute atomic E-state index is 11.4. The van der Waals surface area contributed by atoms with Gasteiger partial charge in [0, 0.05) is 45.7 Å². The normalized spacial score (nSPS) is 30.6. The summed E-state index contributed by atoms with van der Waals surface area (Å²) in [7, 11) is 1.94. The van der Waals surface area contributed by atoms with E-state index in [-0.39, 0.29) is 5.91 Å². The first-order chi connectivity index (χ1) is 8.61. The van der Waals surface area contributed by atoms with E-state index in [1.807, 2.05) is 11.9 Å². The van der Waals surface area contributed by atoms with Gasteiger partial charge in [0.1, 0.15) is 0 Å². The molecule has 0 N–H and O–H groups in total. The van der Waals surface area contributed by atoms with Crippen LogP contribution in [-0.2, 0) is 4.79 Å². The third-order valence-electron chi connectivity index (χ3n) is 4.68. The van der Waals surface area contributed by atoms with Crippen LogP contribution in [0, 0.1) is 0 Å². The summed E-state index contributed by atoms with van der Waals surface area (Å²) in [5.74, 6) is 0.195. The molecule has 4 nitrogen and oxygen atoms in total. The third-order valence-corrected chi connectivity index (χ3v) is 4.68. The van der Waals surface area contributed by atoms with E-state index in [4.69, 9.17) is 0 Å². The van der Waals surface area contributed by atoms with Crippen LogP contribution >= 0.6 is 0 Å². The molecule has 2 aliphatic rings. The lowest BCUT2D eigenvalue weighted by Crippen LogP contribution is -2.48. The van der Waals surface area contributed by atoms with Crippen LogP contribution in [-0.4, -0.2) is 72.5 Å². The average molecular weight is 253 g/mol. The fraction of sp³-hybridized carbons (Fsp3) is 0.929. The van der Waals surface area contributed by atoms with Crippen molar-refractivity contribution in [1.82, 2.24) is 14.7 Å². The molecule has 0 radical (unpaired) electrons. The Kier molecular flexibility index (Phi) is 4.62. The van der Waals surface area contributed by atoms with Gasteiger partial charge in [0.05, 0.1) is 0 Å². The van der Waals surface area contributed by atoms with Crippen LogP contribution < -0.4 is 0 Å². The van der Waals surface area contributed by atoms with Crippen molar-refractivity contribution < 1.29 is 4.79 Å². The van der Waals surface area contributed by atoms with Gasteiger partial charge in [-0.1, -0.05) is 6.92 Å². The second kappa shape index (κ2) is 6.02. The van der Waals surface area contributed by atoms with Crippen LogP contribution in [0.4, 0.5) is 0 Å². The van der Waals surface area contributed by atoms with E-state index in [0.29, 0.717) is 12.1 Å². The van der Waals surface area contributed by atoms with E-state index >= 15 is 0 Å². The molecule has 0 aromatic carbocycles. The van der Waals surface area contributed by atoms with Gasteiger partial charge in [-0.3, -0.25) is 9.69 Å². The minimum Gasteiger partial charge on any atom is -0.342 e. The van der Waals surface area contributed by atoms with Crippen LogP contribution in [0.1, 0.15) is 33.1 Å². The molecule has 2 saturated heterocycles. The number of carbonyl (C=O) groups excluding carboxylic acids is 1.